The van der Waals surface area contributed by atoms with Crippen molar-refractivity contribution in [3.8, 4) is 11.5 Å². The van der Waals surface area contributed by atoms with Crippen molar-refractivity contribution < 1.29 is 19.1 Å². The van der Waals surface area contributed by atoms with E-state index in [0.29, 0.717) is 32.1 Å². The minimum atomic E-state index is -0.260. The van der Waals surface area contributed by atoms with E-state index in [1.54, 1.807) is 36.4 Å². The van der Waals surface area contributed by atoms with E-state index >= 15 is 0 Å². The van der Waals surface area contributed by atoms with Crippen LogP contribution in [0.2, 0.25) is 0 Å². The molecule has 0 fully saturated rings. The second kappa shape index (κ2) is 13.3. The van der Waals surface area contributed by atoms with Crippen LogP contribution in [0.1, 0.15) is 17.5 Å². The van der Waals surface area contributed by atoms with Crippen LogP contribution in [0.15, 0.2) is 60.7 Å². The molecule has 0 saturated carbocycles. The molecule has 30 heavy (non-hydrogen) atoms. The molecule has 0 amide bonds. The lowest BCUT2D eigenvalue weighted by molar-refractivity contribution is -0.121. The number of ketones is 2. The van der Waals surface area contributed by atoms with Gasteiger partial charge in [-0.25, -0.2) is 4.84 Å². The first-order chi connectivity index (χ1) is 14.6. The third-order valence-electron chi connectivity index (χ3n) is 3.88. The number of ether oxygens (including phenoxy) is 2. The SMILES string of the molecule is NCCOc1ccc(/C=C/C(=O)CC(=O)/C=C/c2ccc(OCCNCl)cc2)cc1. The van der Waals surface area contributed by atoms with Crippen LogP contribution in [-0.4, -0.2) is 37.9 Å². The van der Waals surface area contributed by atoms with Gasteiger partial charge in [-0.15, -0.1) is 0 Å². The third kappa shape index (κ3) is 9.05. The second-order valence-corrected chi connectivity index (χ2v) is 6.55. The van der Waals surface area contributed by atoms with Crippen LogP contribution in [0, 0.1) is 0 Å². The number of carbonyl (C=O) groups excluding carboxylic acids is 2. The summed E-state index contributed by atoms with van der Waals surface area (Å²) in [7, 11) is 0. The maximum Gasteiger partial charge on any atom is 0.163 e. The van der Waals surface area contributed by atoms with Gasteiger partial charge in [0.2, 0.25) is 0 Å². The van der Waals surface area contributed by atoms with E-state index in [2.05, 4.69) is 4.84 Å². The molecule has 0 saturated heterocycles. The highest BCUT2D eigenvalue weighted by Crippen LogP contribution is 2.14. The molecule has 3 N–H and O–H groups in total. The molecule has 0 aliphatic carbocycles. The summed E-state index contributed by atoms with van der Waals surface area (Å²) in [4.78, 5) is 26.5. The molecule has 0 aliphatic rings. The Kier molecular flexibility index (Phi) is 10.4. The first-order valence-electron chi connectivity index (χ1n) is 9.52. The van der Waals surface area contributed by atoms with Gasteiger partial charge < -0.3 is 15.2 Å². The number of nitrogens with two attached hydrogens (primary N) is 1. The number of allylic oxidation sites excluding steroid dienone is 2. The molecular formula is C23H25ClN2O4. The van der Waals surface area contributed by atoms with Crippen molar-refractivity contribution in [3.63, 3.8) is 0 Å². The molecule has 0 heterocycles. The fourth-order valence-electron chi connectivity index (χ4n) is 2.40. The van der Waals surface area contributed by atoms with Crippen molar-refractivity contribution in [2.24, 2.45) is 5.73 Å². The van der Waals surface area contributed by atoms with Crippen LogP contribution in [0.4, 0.5) is 0 Å². The van der Waals surface area contributed by atoms with E-state index in [4.69, 9.17) is 27.0 Å². The lowest BCUT2D eigenvalue weighted by Gasteiger charge is -2.04. The van der Waals surface area contributed by atoms with Crippen LogP contribution in [0.25, 0.3) is 12.2 Å². The summed E-state index contributed by atoms with van der Waals surface area (Å²) in [5, 5.41) is 0. The van der Waals surface area contributed by atoms with Gasteiger partial charge in [0.25, 0.3) is 0 Å². The third-order valence-corrected chi connectivity index (χ3v) is 4.07. The summed E-state index contributed by atoms with van der Waals surface area (Å²) in [6.45, 7) is 1.90. The second-order valence-electron chi connectivity index (χ2n) is 6.28. The van der Waals surface area contributed by atoms with Gasteiger partial charge in [0, 0.05) is 13.1 Å². The number of carbonyl (C=O) groups is 2. The Labute approximate surface area is 181 Å². The number of halogens is 1. The first-order valence-corrected chi connectivity index (χ1v) is 9.89. The quantitative estimate of drug-likeness (QED) is 0.220. The molecule has 0 aliphatic heterocycles. The standard InChI is InChI=1S/C23H25ClN2O4/c24-26-14-16-30-23-11-5-19(6-12-23)2-8-21(28)17-20(27)7-1-18-3-9-22(10-4-18)29-15-13-25/h1-12,26H,13-17,25H2/b7-1+,8-2+. The Morgan fingerprint density at radius 1 is 0.833 bits per heavy atom. The van der Waals surface area contributed by atoms with Crippen molar-refractivity contribution in [1.82, 2.24) is 4.84 Å². The number of benzene rings is 2. The number of rotatable bonds is 13. The predicted octanol–water partition coefficient (Wildman–Crippen LogP) is 3.40. The summed E-state index contributed by atoms with van der Waals surface area (Å²) in [6, 6.07) is 14.5. The fraction of sp³-hybridized carbons (Fsp3) is 0.217. The average molecular weight is 429 g/mol. The van der Waals surface area contributed by atoms with Crippen molar-refractivity contribution >= 4 is 35.5 Å². The number of hydrogen-bond donors (Lipinski definition) is 2. The Bertz CT molecular complexity index is 862. The Balaban J connectivity index is 1.79. The minimum absolute atomic E-state index is 0.183. The highest BCUT2D eigenvalue weighted by molar-refractivity contribution is 6.13. The molecule has 0 radical (unpaired) electrons. The minimum Gasteiger partial charge on any atom is -0.492 e. The molecule has 6 nitrogen and oxygen atoms in total. The average Bonchev–Trinajstić information content (AvgIpc) is 2.76. The molecule has 0 unspecified atom stereocenters. The van der Waals surface area contributed by atoms with E-state index in [0.717, 1.165) is 16.9 Å². The molecule has 158 valence electrons. The van der Waals surface area contributed by atoms with Crippen molar-refractivity contribution in [1.29, 1.82) is 0 Å². The van der Waals surface area contributed by atoms with Gasteiger partial charge in [-0.2, -0.15) is 0 Å². The monoisotopic (exact) mass is 428 g/mol. The van der Waals surface area contributed by atoms with Crippen LogP contribution in [0.3, 0.4) is 0 Å². The maximum absolute atomic E-state index is 12.0. The van der Waals surface area contributed by atoms with Gasteiger partial charge in [0.15, 0.2) is 11.6 Å². The van der Waals surface area contributed by atoms with Crippen LogP contribution < -0.4 is 20.0 Å². The summed E-state index contributed by atoms with van der Waals surface area (Å²) >= 11 is 5.36. The Hall–Kier alpha value is -2.93. The van der Waals surface area contributed by atoms with E-state index in [1.807, 2.05) is 24.3 Å². The molecule has 0 atom stereocenters. The summed E-state index contributed by atoms with van der Waals surface area (Å²) < 4.78 is 10.9. The molecular weight excluding hydrogens is 404 g/mol. The fourth-order valence-corrected chi connectivity index (χ4v) is 2.48. The van der Waals surface area contributed by atoms with Gasteiger partial charge in [0.05, 0.1) is 6.42 Å². The lowest BCUT2D eigenvalue weighted by atomic mass is 10.1. The number of hydrogen-bond acceptors (Lipinski definition) is 6. The molecule has 0 bridgehead atoms. The van der Waals surface area contributed by atoms with Crippen LogP contribution in [0.5, 0.6) is 11.5 Å². The summed E-state index contributed by atoms with van der Waals surface area (Å²) in [5.41, 5.74) is 7.07. The zero-order chi connectivity index (χ0) is 21.6. The summed E-state index contributed by atoms with van der Waals surface area (Å²) in [6.07, 6.45) is 5.97. The van der Waals surface area contributed by atoms with Gasteiger partial charge >= 0.3 is 0 Å². The molecule has 0 spiro atoms. The van der Waals surface area contributed by atoms with Gasteiger partial charge in [-0.05, 0) is 59.3 Å². The maximum atomic E-state index is 12.0. The Morgan fingerprint density at radius 2 is 1.30 bits per heavy atom. The van der Waals surface area contributed by atoms with Gasteiger partial charge in [-0.1, -0.05) is 36.4 Å². The lowest BCUT2D eigenvalue weighted by Crippen LogP contribution is -2.11. The van der Waals surface area contributed by atoms with Crippen LogP contribution in [-0.2, 0) is 9.59 Å². The molecule has 2 rings (SSSR count). The van der Waals surface area contributed by atoms with E-state index in [1.165, 1.54) is 12.2 Å². The largest absolute Gasteiger partial charge is 0.492 e. The zero-order valence-corrected chi connectivity index (χ0v) is 17.3. The van der Waals surface area contributed by atoms with Crippen molar-refractivity contribution in [2.75, 3.05) is 26.3 Å². The molecule has 2 aromatic carbocycles. The summed E-state index contributed by atoms with van der Waals surface area (Å²) in [5.74, 6) is 0.911. The predicted molar refractivity (Wildman–Crippen MR) is 119 cm³/mol. The highest BCUT2D eigenvalue weighted by Gasteiger charge is 2.04. The van der Waals surface area contributed by atoms with Gasteiger partial charge in [0.1, 0.15) is 24.7 Å². The molecule has 0 aromatic heterocycles. The van der Waals surface area contributed by atoms with Crippen molar-refractivity contribution in [2.45, 2.75) is 6.42 Å². The topological polar surface area (TPSA) is 90.7 Å². The molecule has 7 heteroatoms. The number of nitrogens with one attached hydrogen (secondary N) is 1. The van der Waals surface area contributed by atoms with Gasteiger partial charge in [-0.3, -0.25) is 9.59 Å². The molecule has 2 aromatic rings. The van der Waals surface area contributed by atoms with E-state index in [-0.39, 0.29) is 18.0 Å². The Morgan fingerprint density at radius 3 is 1.73 bits per heavy atom. The van der Waals surface area contributed by atoms with E-state index in [9.17, 15) is 9.59 Å². The highest BCUT2D eigenvalue weighted by atomic mass is 35.5. The zero-order valence-electron chi connectivity index (χ0n) is 16.6. The smallest absolute Gasteiger partial charge is 0.163 e. The van der Waals surface area contributed by atoms with Crippen molar-refractivity contribution in [3.05, 3.63) is 71.8 Å². The first kappa shape index (κ1) is 23.3. The normalized spacial score (nSPS) is 11.1. The van der Waals surface area contributed by atoms with E-state index < -0.39 is 0 Å². The van der Waals surface area contributed by atoms with Crippen LogP contribution >= 0.6 is 11.8 Å².